The second-order valence-corrected chi connectivity index (χ2v) is 10.5. The molecule has 2 aromatic carbocycles. The highest BCUT2D eigenvalue weighted by molar-refractivity contribution is 7.22. The number of ether oxygens (including phenoxy) is 1. The number of carbonyl (C=O) groups excluding carboxylic acids is 2. The largest absolute Gasteiger partial charge is 0.573 e. The molecule has 1 saturated heterocycles. The van der Waals surface area contributed by atoms with Gasteiger partial charge in [0.1, 0.15) is 5.75 Å². The summed E-state index contributed by atoms with van der Waals surface area (Å²) in [5.74, 6) is -0.380. The topological polar surface area (TPSA) is 105 Å². The number of alkyl halides is 3. The summed E-state index contributed by atoms with van der Waals surface area (Å²) in [4.78, 5) is 38.1. The monoisotopic (exact) mass is 561 g/mol. The molecule has 2 N–H and O–H groups in total. The highest BCUT2D eigenvalue weighted by atomic mass is 32.1. The fourth-order valence-electron chi connectivity index (χ4n) is 4.46. The number of amides is 2. The van der Waals surface area contributed by atoms with E-state index in [-0.39, 0.29) is 24.1 Å². The van der Waals surface area contributed by atoms with Gasteiger partial charge in [-0.05, 0) is 50.8 Å². The van der Waals surface area contributed by atoms with Crippen LogP contribution in [0.3, 0.4) is 0 Å². The van der Waals surface area contributed by atoms with Crippen LogP contribution in [0.4, 0.5) is 24.3 Å². The van der Waals surface area contributed by atoms with Crippen LogP contribution < -0.4 is 15.4 Å². The summed E-state index contributed by atoms with van der Waals surface area (Å²) in [6, 6.07) is 9.31. The van der Waals surface area contributed by atoms with Gasteiger partial charge in [0.2, 0.25) is 11.9 Å². The summed E-state index contributed by atoms with van der Waals surface area (Å²) in [7, 11) is 5.76. The van der Waals surface area contributed by atoms with E-state index in [1.807, 2.05) is 14.1 Å². The number of hydrogen-bond donors (Lipinski definition) is 2. The third kappa shape index (κ3) is 5.91. The standard InChI is InChI=1S/C25H26F3N7O3S/c1-33(2)15-8-9-35(13-15)21(36)12-29-22(37)14-4-7-19-18(10-14)30-23(34(19)3)32-24-31-17-6-5-16(11-20(17)39-24)38-25(26,27)28/h4-7,10-11,15H,8-9,12-13H2,1-3H3,(H,29,37)(H,30,31,32)/t15-/m1/s1. The molecule has 1 atom stereocenters. The van der Waals surface area contributed by atoms with Crippen LogP contribution >= 0.6 is 11.3 Å². The van der Waals surface area contributed by atoms with Crippen LogP contribution in [-0.2, 0) is 11.8 Å². The molecule has 1 fully saturated rings. The molecule has 1 aliphatic heterocycles. The molecule has 39 heavy (non-hydrogen) atoms. The predicted molar refractivity (Wildman–Crippen MR) is 141 cm³/mol. The van der Waals surface area contributed by atoms with Crippen LogP contribution in [0.1, 0.15) is 16.8 Å². The van der Waals surface area contributed by atoms with Crippen molar-refractivity contribution in [2.24, 2.45) is 7.05 Å². The molecule has 0 radical (unpaired) electrons. The van der Waals surface area contributed by atoms with Crippen LogP contribution in [0.25, 0.3) is 21.3 Å². The number of nitrogens with zero attached hydrogens (tertiary/aromatic N) is 5. The van der Waals surface area contributed by atoms with Crippen molar-refractivity contribution >= 4 is 55.5 Å². The second-order valence-electron chi connectivity index (χ2n) is 9.45. The summed E-state index contributed by atoms with van der Waals surface area (Å²) in [6.45, 7) is 1.23. The number of fused-ring (bicyclic) bond motifs is 2. The molecule has 0 aliphatic carbocycles. The Morgan fingerprint density at radius 2 is 1.95 bits per heavy atom. The number of thiazole rings is 1. The molecule has 10 nitrogen and oxygen atoms in total. The number of hydrogen-bond acceptors (Lipinski definition) is 8. The number of benzene rings is 2. The molecular formula is C25H26F3N7O3S. The number of likely N-dealkylation sites (tertiary alicyclic amines) is 1. The number of nitrogens with one attached hydrogen (secondary N) is 2. The quantitative estimate of drug-likeness (QED) is 0.355. The summed E-state index contributed by atoms with van der Waals surface area (Å²) >= 11 is 1.15. The normalized spacial score (nSPS) is 15.9. The SMILES string of the molecule is CN(C)[C@@H]1CCN(C(=O)CNC(=O)c2ccc3c(c2)nc(Nc2nc4ccc(OC(F)(F)F)cc4s2)n3C)C1. The Bertz CT molecular complexity index is 1550. The highest BCUT2D eigenvalue weighted by Gasteiger charge is 2.31. The molecule has 5 rings (SSSR count). The summed E-state index contributed by atoms with van der Waals surface area (Å²) < 4.78 is 43.9. The van der Waals surface area contributed by atoms with Crippen molar-refractivity contribution in [2.75, 3.05) is 39.0 Å². The Labute approximate surface area is 225 Å². The molecule has 0 spiro atoms. The van der Waals surface area contributed by atoms with Crippen LogP contribution in [0.2, 0.25) is 0 Å². The van der Waals surface area contributed by atoms with Crippen molar-refractivity contribution in [3.05, 3.63) is 42.0 Å². The Kier molecular flexibility index (Phi) is 7.07. The van der Waals surface area contributed by atoms with Crippen molar-refractivity contribution in [2.45, 2.75) is 18.8 Å². The first-order chi connectivity index (χ1) is 18.5. The Hall–Kier alpha value is -3.91. The lowest BCUT2D eigenvalue weighted by atomic mass is 10.2. The fourth-order valence-corrected chi connectivity index (χ4v) is 5.35. The molecule has 14 heteroatoms. The first kappa shape index (κ1) is 26.7. The molecular weight excluding hydrogens is 535 g/mol. The van der Waals surface area contributed by atoms with Gasteiger partial charge in [-0.25, -0.2) is 9.97 Å². The predicted octanol–water partition coefficient (Wildman–Crippen LogP) is 3.72. The maximum absolute atomic E-state index is 12.7. The zero-order valence-electron chi connectivity index (χ0n) is 21.4. The molecule has 2 amide bonds. The zero-order chi connectivity index (χ0) is 27.9. The van der Waals surface area contributed by atoms with Gasteiger partial charge in [-0.2, -0.15) is 0 Å². The van der Waals surface area contributed by atoms with E-state index >= 15 is 0 Å². The average Bonchev–Trinajstić information content (AvgIpc) is 3.59. The number of imidazole rings is 1. The third-order valence-electron chi connectivity index (χ3n) is 6.60. The van der Waals surface area contributed by atoms with E-state index in [0.29, 0.717) is 51.5 Å². The number of carbonyl (C=O) groups is 2. The minimum absolute atomic E-state index is 0.0840. The van der Waals surface area contributed by atoms with Gasteiger partial charge in [0.15, 0.2) is 5.13 Å². The van der Waals surface area contributed by atoms with E-state index < -0.39 is 6.36 Å². The molecule has 0 bridgehead atoms. The van der Waals surface area contributed by atoms with E-state index in [1.165, 1.54) is 18.2 Å². The second kappa shape index (κ2) is 10.3. The van der Waals surface area contributed by atoms with Crippen LogP contribution in [0, 0.1) is 0 Å². The third-order valence-corrected chi connectivity index (χ3v) is 7.54. The Morgan fingerprint density at radius 1 is 1.15 bits per heavy atom. The highest BCUT2D eigenvalue weighted by Crippen LogP contribution is 2.33. The van der Waals surface area contributed by atoms with Crippen LogP contribution in [0.5, 0.6) is 5.75 Å². The minimum atomic E-state index is -4.78. The molecule has 3 heterocycles. The summed E-state index contributed by atoms with van der Waals surface area (Å²) in [5.41, 5.74) is 2.17. The van der Waals surface area contributed by atoms with E-state index in [4.69, 9.17) is 0 Å². The van der Waals surface area contributed by atoms with Gasteiger partial charge in [-0.1, -0.05) is 11.3 Å². The van der Waals surface area contributed by atoms with Gasteiger partial charge in [0.25, 0.3) is 5.91 Å². The maximum atomic E-state index is 12.7. The van der Waals surface area contributed by atoms with Gasteiger partial charge < -0.3 is 29.7 Å². The molecule has 2 aromatic heterocycles. The van der Waals surface area contributed by atoms with Crippen LogP contribution in [-0.4, -0.2) is 82.3 Å². The molecule has 1 aliphatic rings. The van der Waals surface area contributed by atoms with Gasteiger partial charge in [-0.15, -0.1) is 13.2 Å². The van der Waals surface area contributed by atoms with E-state index in [0.717, 1.165) is 23.3 Å². The van der Waals surface area contributed by atoms with Gasteiger partial charge in [0.05, 0.1) is 27.8 Å². The Balaban J connectivity index is 1.26. The first-order valence-electron chi connectivity index (χ1n) is 12.1. The van der Waals surface area contributed by atoms with Crippen LogP contribution in [0.15, 0.2) is 36.4 Å². The lowest BCUT2D eigenvalue weighted by molar-refractivity contribution is -0.274. The molecule has 206 valence electrons. The first-order valence-corrected chi connectivity index (χ1v) is 12.9. The smallest absolute Gasteiger partial charge is 0.406 e. The minimum Gasteiger partial charge on any atom is -0.406 e. The zero-order valence-corrected chi connectivity index (χ0v) is 22.2. The lowest BCUT2D eigenvalue weighted by Crippen LogP contribution is -2.40. The average molecular weight is 562 g/mol. The van der Waals surface area contributed by atoms with Crippen molar-refractivity contribution in [3.63, 3.8) is 0 Å². The lowest BCUT2D eigenvalue weighted by Gasteiger charge is -2.20. The Morgan fingerprint density at radius 3 is 2.67 bits per heavy atom. The number of rotatable bonds is 7. The van der Waals surface area contributed by atoms with Crippen molar-refractivity contribution in [1.82, 2.24) is 29.7 Å². The fraction of sp³-hybridized carbons (Fsp3) is 0.360. The van der Waals surface area contributed by atoms with E-state index in [9.17, 15) is 22.8 Å². The number of likely N-dealkylation sites (N-methyl/N-ethyl adjacent to an activating group) is 1. The van der Waals surface area contributed by atoms with Crippen molar-refractivity contribution in [3.8, 4) is 5.75 Å². The number of anilines is 2. The molecule has 0 saturated carbocycles. The van der Waals surface area contributed by atoms with Gasteiger partial charge in [0, 0.05) is 37.8 Å². The number of aryl methyl sites for hydroxylation is 1. The number of aromatic nitrogens is 3. The van der Waals surface area contributed by atoms with Gasteiger partial charge >= 0.3 is 6.36 Å². The maximum Gasteiger partial charge on any atom is 0.573 e. The number of halogens is 3. The summed E-state index contributed by atoms with van der Waals surface area (Å²) in [5, 5.41) is 6.22. The molecule has 0 unspecified atom stereocenters. The summed E-state index contributed by atoms with van der Waals surface area (Å²) in [6.07, 6.45) is -3.87. The van der Waals surface area contributed by atoms with E-state index in [1.54, 1.807) is 34.7 Å². The van der Waals surface area contributed by atoms with Crippen molar-refractivity contribution < 1.29 is 27.5 Å². The van der Waals surface area contributed by atoms with E-state index in [2.05, 4.69) is 30.2 Å². The van der Waals surface area contributed by atoms with Crippen molar-refractivity contribution in [1.29, 1.82) is 0 Å². The molecule has 4 aromatic rings. The van der Waals surface area contributed by atoms with Gasteiger partial charge in [-0.3, -0.25) is 9.59 Å².